The number of aromatic hydroxyl groups is 1. The van der Waals surface area contributed by atoms with Crippen molar-refractivity contribution in [1.82, 2.24) is 4.90 Å². The van der Waals surface area contributed by atoms with Crippen molar-refractivity contribution < 1.29 is 48.5 Å². The van der Waals surface area contributed by atoms with E-state index in [1.54, 1.807) is 6.07 Å². The molecular formula is C30H38N2O10. The lowest BCUT2D eigenvalue weighted by Crippen LogP contribution is -2.78. The van der Waals surface area contributed by atoms with E-state index in [9.17, 15) is 39.0 Å². The number of carbonyl (C=O) groups is 6. The maximum Gasteiger partial charge on any atom is 0.305 e. The first-order chi connectivity index (χ1) is 19.7. The fourth-order valence-corrected chi connectivity index (χ4v) is 6.85. The fraction of sp³-hybridized carbons (Fsp3) is 0.600. The van der Waals surface area contributed by atoms with Crippen molar-refractivity contribution in [2.24, 2.45) is 35.3 Å². The number of primary amides is 1. The Bertz CT molecular complexity index is 1320. The molecule has 2 saturated carbocycles. The van der Waals surface area contributed by atoms with Crippen molar-refractivity contribution in [2.45, 2.75) is 57.3 Å². The van der Waals surface area contributed by atoms with E-state index in [2.05, 4.69) is 0 Å². The molecule has 42 heavy (non-hydrogen) atoms. The highest BCUT2D eigenvalue weighted by atomic mass is 16.5. The lowest BCUT2D eigenvalue weighted by atomic mass is 9.49. The zero-order chi connectivity index (χ0) is 31.3. The monoisotopic (exact) mass is 586 g/mol. The van der Waals surface area contributed by atoms with Crippen molar-refractivity contribution in [3.63, 3.8) is 0 Å². The van der Waals surface area contributed by atoms with Crippen LogP contribution in [-0.2, 0) is 33.4 Å². The number of hydrogen-bond donors (Lipinski definition) is 3. The SMILES string of the molecule is CCC(=O)O[C@H]1[C@H]2C(C(=O)c3c(O)cccc3[C@@H]2COCCC(C)C)C(=O)[C@]2(O)C(=O)C(C(N)=O)C(=O)C(N(C)C)[C@H]12. The Balaban J connectivity index is 1.98. The van der Waals surface area contributed by atoms with Gasteiger partial charge in [0.15, 0.2) is 34.7 Å². The molecule has 1 aromatic rings. The van der Waals surface area contributed by atoms with E-state index in [4.69, 9.17) is 15.2 Å². The van der Waals surface area contributed by atoms with Crippen LogP contribution in [0.2, 0.25) is 0 Å². The van der Waals surface area contributed by atoms with Crippen LogP contribution >= 0.6 is 0 Å². The largest absolute Gasteiger partial charge is 0.507 e. The number of phenolic OH excluding ortho intramolecular Hbond substituents is 1. The topological polar surface area (TPSA) is 191 Å². The third-order valence-electron chi connectivity index (χ3n) is 8.81. The highest BCUT2D eigenvalue weighted by Crippen LogP contribution is 2.55. The lowest BCUT2D eigenvalue weighted by Gasteiger charge is -2.56. The second-order valence-electron chi connectivity index (χ2n) is 12.0. The maximum atomic E-state index is 14.3. The van der Waals surface area contributed by atoms with E-state index < -0.39 is 88.1 Å². The van der Waals surface area contributed by atoms with E-state index >= 15 is 0 Å². The quantitative estimate of drug-likeness (QED) is 0.206. The van der Waals surface area contributed by atoms with E-state index in [1.165, 1.54) is 38.1 Å². The molecule has 0 aliphatic heterocycles. The summed E-state index contributed by atoms with van der Waals surface area (Å²) in [6.45, 7) is 5.85. The van der Waals surface area contributed by atoms with Gasteiger partial charge in [0.05, 0.1) is 30.0 Å². The normalized spacial score (nSPS) is 32.4. The number of carbonyl (C=O) groups excluding carboxylic acids is 6. The van der Waals surface area contributed by atoms with E-state index in [-0.39, 0.29) is 18.6 Å². The summed E-state index contributed by atoms with van der Waals surface area (Å²) >= 11 is 0. The summed E-state index contributed by atoms with van der Waals surface area (Å²) in [6, 6.07) is 2.97. The molecule has 2 fully saturated rings. The van der Waals surface area contributed by atoms with E-state index in [0.29, 0.717) is 24.5 Å². The molecule has 228 valence electrons. The Morgan fingerprint density at radius 2 is 1.79 bits per heavy atom. The minimum Gasteiger partial charge on any atom is -0.507 e. The molecule has 4 rings (SSSR count). The molecule has 3 aliphatic carbocycles. The molecule has 12 heteroatoms. The Kier molecular flexibility index (Phi) is 8.73. The summed E-state index contributed by atoms with van der Waals surface area (Å²) in [5.74, 6) is -14.2. The molecule has 0 radical (unpaired) electrons. The number of amides is 1. The molecule has 0 aromatic heterocycles. The number of esters is 1. The van der Waals surface area contributed by atoms with Crippen molar-refractivity contribution in [3.05, 3.63) is 29.3 Å². The Labute approximate surface area is 243 Å². The van der Waals surface area contributed by atoms with Crippen molar-refractivity contribution in [3.8, 4) is 5.75 Å². The zero-order valence-corrected chi connectivity index (χ0v) is 24.4. The van der Waals surface area contributed by atoms with Gasteiger partial charge in [0, 0.05) is 24.9 Å². The van der Waals surface area contributed by atoms with Crippen molar-refractivity contribution in [1.29, 1.82) is 0 Å². The number of benzene rings is 1. The van der Waals surface area contributed by atoms with Gasteiger partial charge in [0.25, 0.3) is 0 Å². The molecule has 3 unspecified atom stereocenters. The standard InChI is InChI=1S/C30H38N2O10/c1-6-17(34)42-26-19-15(12-41-11-10-13(2)3)14-8-7-9-16(33)18(14)24(35)20(19)27(37)30(40)22(26)23(32(4)5)25(36)21(28(30)38)29(31)39/h7-9,13,15,19-23,26,33,40H,6,10-12H2,1-5H3,(H2,31,39)/t15-,19+,20?,21?,22+,23?,26-,30-/m0/s1. The second kappa shape index (κ2) is 11.7. The van der Waals surface area contributed by atoms with Crippen LogP contribution in [0.15, 0.2) is 18.2 Å². The molecule has 12 nitrogen and oxygen atoms in total. The first-order valence-corrected chi connectivity index (χ1v) is 14.1. The van der Waals surface area contributed by atoms with Gasteiger partial charge in [0.2, 0.25) is 5.91 Å². The van der Waals surface area contributed by atoms with Gasteiger partial charge >= 0.3 is 5.97 Å². The summed E-state index contributed by atoms with van der Waals surface area (Å²) in [4.78, 5) is 82.2. The van der Waals surface area contributed by atoms with Gasteiger partial charge in [-0.15, -0.1) is 0 Å². The number of phenols is 1. The van der Waals surface area contributed by atoms with Gasteiger partial charge in [-0.2, -0.15) is 0 Å². The summed E-state index contributed by atoms with van der Waals surface area (Å²) in [5.41, 5.74) is 2.53. The molecule has 1 amide bonds. The number of rotatable bonds is 9. The number of ketones is 4. The molecule has 0 spiro atoms. The van der Waals surface area contributed by atoms with Gasteiger partial charge < -0.3 is 25.4 Å². The van der Waals surface area contributed by atoms with Crippen LogP contribution in [-0.4, -0.2) is 95.2 Å². The van der Waals surface area contributed by atoms with Gasteiger partial charge in [0.1, 0.15) is 11.9 Å². The Morgan fingerprint density at radius 1 is 1.12 bits per heavy atom. The molecular weight excluding hydrogens is 548 g/mol. The molecule has 0 heterocycles. The Hall–Kier alpha value is -3.48. The van der Waals surface area contributed by atoms with Crippen LogP contribution in [0.25, 0.3) is 0 Å². The summed E-state index contributed by atoms with van der Waals surface area (Å²) < 4.78 is 11.9. The minimum absolute atomic E-state index is 0.0470. The van der Waals surface area contributed by atoms with Crippen LogP contribution in [0.3, 0.4) is 0 Å². The number of nitrogens with two attached hydrogens (primary N) is 1. The summed E-state index contributed by atoms with van der Waals surface area (Å²) in [5, 5.41) is 22.8. The molecule has 8 atom stereocenters. The van der Waals surface area contributed by atoms with Crippen molar-refractivity contribution >= 4 is 35.0 Å². The first kappa shape index (κ1) is 31.5. The maximum absolute atomic E-state index is 14.3. The Morgan fingerprint density at radius 3 is 2.36 bits per heavy atom. The first-order valence-electron chi connectivity index (χ1n) is 14.1. The predicted octanol–water partition coefficient (Wildman–Crippen LogP) is 0.403. The lowest BCUT2D eigenvalue weighted by molar-refractivity contribution is -0.206. The molecule has 3 aliphatic rings. The van der Waals surface area contributed by atoms with Crippen LogP contribution in [0.4, 0.5) is 0 Å². The number of aliphatic hydroxyl groups is 1. The van der Waals surface area contributed by atoms with Gasteiger partial charge in [-0.3, -0.25) is 33.7 Å². The minimum atomic E-state index is -3.07. The molecule has 0 saturated heterocycles. The van der Waals surface area contributed by atoms with Crippen LogP contribution < -0.4 is 5.73 Å². The average molecular weight is 587 g/mol. The van der Waals surface area contributed by atoms with Gasteiger partial charge in [-0.25, -0.2) is 0 Å². The van der Waals surface area contributed by atoms with Gasteiger partial charge in [-0.1, -0.05) is 32.9 Å². The smallest absolute Gasteiger partial charge is 0.305 e. The number of likely N-dealkylation sites (N-methyl/N-ethyl adjacent to an activating group) is 1. The molecule has 0 bridgehead atoms. The van der Waals surface area contributed by atoms with Crippen molar-refractivity contribution in [2.75, 3.05) is 27.3 Å². The predicted molar refractivity (Wildman–Crippen MR) is 146 cm³/mol. The fourth-order valence-electron chi connectivity index (χ4n) is 6.85. The second-order valence-corrected chi connectivity index (χ2v) is 12.0. The number of nitrogens with zero attached hydrogens (tertiary/aromatic N) is 1. The van der Waals surface area contributed by atoms with Gasteiger partial charge in [-0.05, 0) is 38.1 Å². The highest BCUT2D eigenvalue weighted by Gasteiger charge is 2.74. The third kappa shape index (κ3) is 4.84. The number of Topliss-reactive ketones (excluding diaryl/α,β-unsaturated/α-hetero) is 4. The van der Waals surface area contributed by atoms with E-state index in [1.807, 2.05) is 13.8 Å². The molecule has 1 aromatic carbocycles. The van der Waals surface area contributed by atoms with Crippen LogP contribution in [0.5, 0.6) is 5.75 Å². The average Bonchev–Trinajstić information content (AvgIpc) is 2.90. The zero-order valence-electron chi connectivity index (χ0n) is 24.4. The number of fused-ring (bicyclic) bond motifs is 3. The third-order valence-corrected chi connectivity index (χ3v) is 8.81. The van der Waals surface area contributed by atoms with Crippen LogP contribution in [0, 0.1) is 29.6 Å². The summed E-state index contributed by atoms with van der Waals surface area (Å²) in [6.07, 6.45) is -0.910. The van der Waals surface area contributed by atoms with Crippen LogP contribution in [0.1, 0.15) is 55.5 Å². The molecule has 4 N–H and O–H groups in total. The summed E-state index contributed by atoms with van der Waals surface area (Å²) in [7, 11) is 2.91. The van der Waals surface area contributed by atoms with E-state index in [0.717, 1.165) is 0 Å². The highest BCUT2D eigenvalue weighted by molar-refractivity contribution is 6.32. The number of hydrogen-bond acceptors (Lipinski definition) is 11. The number of ether oxygens (including phenoxy) is 2.